The maximum absolute atomic E-state index is 12.5. The van der Waals surface area contributed by atoms with Crippen LogP contribution in [0.1, 0.15) is 61.0 Å². The molecule has 0 spiro atoms. The van der Waals surface area contributed by atoms with E-state index in [1.165, 1.54) is 12.8 Å². The Morgan fingerprint density at radius 1 is 1.04 bits per heavy atom. The minimum absolute atomic E-state index is 0.0344. The van der Waals surface area contributed by atoms with Gasteiger partial charge < -0.3 is 10.6 Å². The van der Waals surface area contributed by atoms with Crippen LogP contribution in [0.2, 0.25) is 0 Å². The highest BCUT2D eigenvalue weighted by molar-refractivity contribution is 5.97. The summed E-state index contributed by atoms with van der Waals surface area (Å²) in [6, 6.07) is 16.9. The van der Waals surface area contributed by atoms with Crippen LogP contribution >= 0.6 is 0 Å². The van der Waals surface area contributed by atoms with Crippen molar-refractivity contribution in [3.63, 3.8) is 0 Å². The molecule has 136 valence electrons. The third-order valence-corrected chi connectivity index (χ3v) is 5.00. The number of anilines is 1. The zero-order valence-corrected chi connectivity index (χ0v) is 15.2. The van der Waals surface area contributed by atoms with E-state index in [-0.39, 0.29) is 17.9 Å². The fourth-order valence-corrected chi connectivity index (χ4v) is 3.53. The first kappa shape index (κ1) is 18.2. The second kappa shape index (κ2) is 8.65. The van der Waals surface area contributed by atoms with Crippen molar-refractivity contribution in [2.75, 3.05) is 5.32 Å². The zero-order valence-electron chi connectivity index (χ0n) is 15.2. The molecule has 4 nitrogen and oxygen atoms in total. The maximum atomic E-state index is 12.5. The number of hydrogen-bond donors (Lipinski definition) is 2. The standard InChI is InChI=1S/C22H26N2O2/c1-16(18-10-3-2-4-11-18)23-22(26)19-12-7-13-20(15-19)24-21(25)14-17-8-5-6-9-17/h2-4,7,10-13,15-17H,5-6,8-9,14H2,1H3,(H,23,26)(H,24,25). The molecule has 3 rings (SSSR count). The Morgan fingerprint density at radius 3 is 2.50 bits per heavy atom. The Labute approximate surface area is 155 Å². The lowest BCUT2D eigenvalue weighted by atomic mass is 10.0. The molecule has 1 aliphatic rings. The molecule has 1 saturated carbocycles. The minimum atomic E-state index is -0.145. The molecule has 1 aliphatic carbocycles. The number of carbonyl (C=O) groups is 2. The number of rotatable bonds is 6. The number of hydrogen-bond acceptors (Lipinski definition) is 2. The van der Waals surface area contributed by atoms with Gasteiger partial charge in [-0.05, 0) is 49.4 Å². The van der Waals surface area contributed by atoms with E-state index >= 15 is 0 Å². The van der Waals surface area contributed by atoms with Crippen LogP contribution in [0.15, 0.2) is 54.6 Å². The van der Waals surface area contributed by atoms with Gasteiger partial charge in [0.05, 0.1) is 6.04 Å². The molecular formula is C22H26N2O2. The third kappa shape index (κ3) is 4.94. The Bertz CT molecular complexity index is 752. The number of benzene rings is 2. The van der Waals surface area contributed by atoms with Crippen LogP contribution in [-0.4, -0.2) is 11.8 Å². The summed E-state index contributed by atoms with van der Waals surface area (Å²) in [7, 11) is 0. The maximum Gasteiger partial charge on any atom is 0.251 e. The van der Waals surface area contributed by atoms with Crippen LogP contribution in [0.5, 0.6) is 0 Å². The summed E-state index contributed by atoms with van der Waals surface area (Å²) in [6.07, 6.45) is 5.32. The van der Waals surface area contributed by atoms with Crippen LogP contribution in [0.25, 0.3) is 0 Å². The highest BCUT2D eigenvalue weighted by Gasteiger charge is 2.18. The van der Waals surface area contributed by atoms with Crippen molar-refractivity contribution >= 4 is 17.5 Å². The van der Waals surface area contributed by atoms with E-state index < -0.39 is 0 Å². The molecule has 2 amide bonds. The Morgan fingerprint density at radius 2 is 1.77 bits per heavy atom. The molecule has 0 heterocycles. The van der Waals surface area contributed by atoms with Crippen LogP contribution in [0, 0.1) is 5.92 Å². The molecule has 2 N–H and O–H groups in total. The molecular weight excluding hydrogens is 324 g/mol. The van der Waals surface area contributed by atoms with E-state index in [4.69, 9.17) is 0 Å². The van der Waals surface area contributed by atoms with Crippen molar-refractivity contribution in [3.8, 4) is 0 Å². The molecule has 1 atom stereocenters. The van der Waals surface area contributed by atoms with Crippen molar-refractivity contribution in [2.24, 2.45) is 5.92 Å². The molecule has 0 saturated heterocycles. The van der Waals surface area contributed by atoms with E-state index in [0.29, 0.717) is 23.6 Å². The van der Waals surface area contributed by atoms with Crippen molar-refractivity contribution < 1.29 is 9.59 Å². The lowest BCUT2D eigenvalue weighted by Crippen LogP contribution is -2.26. The molecule has 4 heteroatoms. The molecule has 1 fully saturated rings. The lowest BCUT2D eigenvalue weighted by Gasteiger charge is -2.15. The normalized spacial score (nSPS) is 15.4. The van der Waals surface area contributed by atoms with E-state index in [1.807, 2.05) is 43.3 Å². The van der Waals surface area contributed by atoms with Gasteiger partial charge in [-0.15, -0.1) is 0 Å². The quantitative estimate of drug-likeness (QED) is 0.793. The molecule has 0 aromatic heterocycles. The van der Waals surface area contributed by atoms with E-state index in [2.05, 4.69) is 10.6 Å². The van der Waals surface area contributed by atoms with Gasteiger partial charge in [0, 0.05) is 17.7 Å². The first-order valence-electron chi connectivity index (χ1n) is 9.37. The molecule has 0 bridgehead atoms. The molecule has 26 heavy (non-hydrogen) atoms. The molecule has 2 aromatic rings. The van der Waals surface area contributed by atoms with E-state index in [1.54, 1.807) is 18.2 Å². The van der Waals surface area contributed by atoms with Crippen molar-refractivity contribution in [1.82, 2.24) is 5.32 Å². The average Bonchev–Trinajstić information content (AvgIpc) is 3.15. The van der Waals surface area contributed by atoms with Gasteiger partial charge in [-0.3, -0.25) is 9.59 Å². The predicted octanol–water partition coefficient (Wildman–Crippen LogP) is 4.70. The first-order valence-corrected chi connectivity index (χ1v) is 9.37. The molecule has 2 aromatic carbocycles. The fourth-order valence-electron chi connectivity index (χ4n) is 3.53. The van der Waals surface area contributed by atoms with Gasteiger partial charge >= 0.3 is 0 Å². The van der Waals surface area contributed by atoms with Gasteiger partial charge in [-0.1, -0.05) is 49.2 Å². The van der Waals surface area contributed by atoms with Gasteiger partial charge in [0.2, 0.25) is 5.91 Å². The van der Waals surface area contributed by atoms with Crippen molar-refractivity contribution in [3.05, 3.63) is 65.7 Å². The van der Waals surface area contributed by atoms with E-state index in [9.17, 15) is 9.59 Å². The van der Waals surface area contributed by atoms with Crippen molar-refractivity contribution in [2.45, 2.75) is 45.1 Å². The smallest absolute Gasteiger partial charge is 0.251 e. The second-order valence-electron chi connectivity index (χ2n) is 7.09. The topological polar surface area (TPSA) is 58.2 Å². The Balaban J connectivity index is 1.59. The highest BCUT2D eigenvalue weighted by Crippen LogP contribution is 2.27. The summed E-state index contributed by atoms with van der Waals surface area (Å²) in [4.78, 5) is 24.7. The summed E-state index contributed by atoms with van der Waals surface area (Å²) in [6.45, 7) is 1.96. The number of amides is 2. The van der Waals surface area contributed by atoms with Gasteiger partial charge in [-0.25, -0.2) is 0 Å². The van der Waals surface area contributed by atoms with Crippen LogP contribution in [-0.2, 0) is 4.79 Å². The zero-order chi connectivity index (χ0) is 18.4. The summed E-state index contributed by atoms with van der Waals surface area (Å²) in [5.74, 6) is 0.397. The molecule has 0 radical (unpaired) electrons. The van der Waals surface area contributed by atoms with Crippen LogP contribution in [0.4, 0.5) is 5.69 Å². The average molecular weight is 350 g/mol. The number of carbonyl (C=O) groups excluding carboxylic acids is 2. The summed E-state index contributed by atoms with van der Waals surface area (Å²) < 4.78 is 0. The van der Waals surface area contributed by atoms with Gasteiger partial charge in [0.25, 0.3) is 5.91 Å². The highest BCUT2D eigenvalue weighted by atomic mass is 16.2. The largest absolute Gasteiger partial charge is 0.346 e. The summed E-state index contributed by atoms with van der Waals surface area (Å²) >= 11 is 0. The summed E-state index contributed by atoms with van der Waals surface area (Å²) in [5, 5.41) is 5.93. The second-order valence-corrected chi connectivity index (χ2v) is 7.09. The first-order chi connectivity index (χ1) is 12.6. The minimum Gasteiger partial charge on any atom is -0.346 e. The van der Waals surface area contributed by atoms with Crippen molar-refractivity contribution in [1.29, 1.82) is 0 Å². The number of nitrogens with one attached hydrogen (secondary N) is 2. The van der Waals surface area contributed by atoms with Gasteiger partial charge in [0.15, 0.2) is 0 Å². The third-order valence-electron chi connectivity index (χ3n) is 5.00. The SMILES string of the molecule is CC(NC(=O)c1cccc(NC(=O)CC2CCCC2)c1)c1ccccc1. The Hall–Kier alpha value is -2.62. The monoisotopic (exact) mass is 350 g/mol. The summed E-state index contributed by atoms with van der Waals surface area (Å²) in [5.41, 5.74) is 2.28. The van der Waals surface area contributed by atoms with Gasteiger partial charge in [0.1, 0.15) is 0 Å². The van der Waals surface area contributed by atoms with Crippen LogP contribution < -0.4 is 10.6 Å². The molecule has 0 aliphatic heterocycles. The van der Waals surface area contributed by atoms with Gasteiger partial charge in [-0.2, -0.15) is 0 Å². The van der Waals surface area contributed by atoms with E-state index in [0.717, 1.165) is 18.4 Å². The fraction of sp³-hybridized carbons (Fsp3) is 0.364. The predicted molar refractivity (Wildman–Crippen MR) is 104 cm³/mol. The Kier molecular flexibility index (Phi) is 6.05. The van der Waals surface area contributed by atoms with Crippen LogP contribution in [0.3, 0.4) is 0 Å². The molecule has 1 unspecified atom stereocenters. The lowest BCUT2D eigenvalue weighted by molar-refractivity contribution is -0.117.